The Bertz CT molecular complexity index is 594. The summed E-state index contributed by atoms with van der Waals surface area (Å²) in [5.74, 6) is 0.402. The Balaban J connectivity index is 2.34. The molecule has 6 nitrogen and oxygen atoms in total. The van der Waals surface area contributed by atoms with Crippen molar-refractivity contribution in [2.24, 2.45) is 5.92 Å². The van der Waals surface area contributed by atoms with Crippen molar-refractivity contribution in [2.75, 3.05) is 6.54 Å². The molecule has 1 aliphatic rings. The minimum atomic E-state index is -3.49. The van der Waals surface area contributed by atoms with Gasteiger partial charge in [0.15, 0.2) is 0 Å². The zero-order valence-electron chi connectivity index (χ0n) is 13.5. The minimum absolute atomic E-state index is 0.0465. The van der Waals surface area contributed by atoms with Crippen molar-refractivity contribution in [3.05, 3.63) is 11.4 Å². The minimum Gasteiger partial charge on any atom is -0.309 e. The highest BCUT2D eigenvalue weighted by Gasteiger charge is 2.38. The van der Waals surface area contributed by atoms with E-state index in [2.05, 4.69) is 22.4 Å². The van der Waals surface area contributed by atoms with E-state index in [4.69, 9.17) is 0 Å². The summed E-state index contributed by atoms with van der Waals surface area (Å²) in [5, 5.41) is 10.2. The molecule has 2 N–H and O–H groups in total. The lowest BCUT2D eigenvalue weighted by atomic mass is 10.1. The van der Waals surface area contributed by atoms with Crippen LogP contribution in [-0.4, -0.2) is 41.5 Å². The van der Waals surface area contributed by atoms with Gasteiger partial charge in [0.25, 0.3) is 0 Å². The Morgan fingerprint density at radius 2 is 2.10 bits per heavy atom. The van der Waals surface area contributed by atoms with Crippen LogP contribution in [0.15, 0.2) is 4.90 Å². The van der Waals surface area contributed by atoms with Gasteiger partial charge >= 0.3 is 0 Å². The summed E-state index contributed by atoms with van der Waals surface area (Å²) in [6.07, 6.45) is 0.912. The zero-order valence-corrected chi connectivity index (χ0v) is 14.3. The second-order valence-electron chi connectivity index (χ2n) is 6.42. The van der Waals surface area contributed by atoms with E-state index in [9.17, 15) is 8.42 Å². The topological polar surface area (TPSA) is 78.1 Å². The van der Waals surface area contributed by atoms with E-state index in [0.29, 0.717) is 35.3 Å². The van der Waals surface area contributed by atoms with Gasteiger partial charge in [-0.3, -0.25) is 5.10 Å². The predicted molar refractivity (Wildman–Crippen MR) is 82.4 cm³/mol. The van der Waals surface area contributed by atoms with Crippen LogP contribution in [-0.2, 0) is 16.6 Å². The molecule has 1 aliphatic heterocycles. The van der Waals surface area contributed by atoms with Crippen LogP contribution in [0.1, 0.15) is 45.5 Å². The fraction of sp³-hybridized carbons (Fsp3) is 0.786. The third kappa shape index (κ3) is 3.30. The third-order valence-corrected chi connectivity index (χ3v) is 6.12. The Kier molecular flexibility index (Phi) is 4.75. The van der Waals surface area contributed by atoms with E-state index in [-0.39, 0.29) is 12.1 Å². The Hall–Kier alpha value is -0.920. The summed E-state index contributed by atoms with van der Waals surface area (Å²) in [5.41, 5.74) is 1.19. The molecule has 2 rings (SSSR count). The monoisotopic (exact) mass is 314 g/mol. The summed E-state index contributed by atoms with van der Waals surface area (Å²) < 4.78 is 27.6. The molecule has 120 valence electrons. The average molecular weight is 314 g/mol. The van der Waals surface area contributed by atoms with Gasteiger partial charge in [-0.1, -0.05) is 20.8 Å². The first-order chi connectivity index (χ1) is 9.73. The Morgan fingerprint density at radius 1 is 1.43 bits per heavy atom. The van der Waals surface area contributed by atoms with Crippen molar-refractivity contribution in [1.82, 2.24) is 19.8 Å². The maximum atomic E-state index is 13.0. The van der Waals surface area contributed by atoms with E-state index >= 15 is 0 Å². The van der Waals surface area contributed by atoms with Gasteiger partial charge in [0, 0.05) is 25.2 Å². The van der Waals surface area contributed by atoms with Crippen molar-refractivity contribution in [1.29, 1.82) is 0 Å². The first-order valence-electron chi connectivity index (χ1n) is 7.52. The molecule has 0 radical (unpaired) electrons. The van der Waals surface area contributed by atoms with Gasteiger partial charge in [-0.15, -0.1) is 0 Å². The van der Waals surface area contributed by atoms with Gasteiger partial charge in [-0.05, 0) is 26.2 Å². The molecule has 2 atom stereocenters. The van der Waals surface area contributed by atoms with Gasteiger partial charge in [0.1, 0.15) is 4.90 Å². The largest absolute Gasteiger partial charge is 0.309 e. The van der Waals surface area contributed by atoms with Crippen molar-refractivity contribution in [3.63, 3.8) is 0 Å². The van der Waals surface area contributed by atoms with Gasteiger partial charge in [-0.25, -0.2) is 8.42 Å². The average Bonchev–Trinajstić information content (AvgIpc) is 2.90. The number of aromatic amines is 1. The summed E-state index contributed by atoms with van der Waals surface area (Å²) in [6.45, 7) is 10.9. The smallest absolute Gasteiger partial charge is 0.247 e. The second kappa shape index (κ2) is 6.06. The van der Waals surface area contributed by atoms with Crippen molar-refractivity contribution >= 4 is 10.0 Å². The molecule has 0 bridgehead atoms. The Morgan fingerprint density at radius 3 is 2.62 bits per heavy atom. The molecule has 0 spiro atoms. The SMILES string of the molecule is Cc1[nH]nc(CNC(C)C)c1S(=O)(=O)N1CC(C)CC1C. The molecule has 1 aromatic rings. The van der Waals surface area contributed by atoms with Crippen LogP contribution < -0.4 is 5.32 Å². The fourth-order valence-corrected chi connectivity index (χ4v) is 5.04. The fourth-order valence-electron chi connectivity index (χ4n) is 2.95. The number of aromatic nitrogens is 2. The number of rotatable bonds is 5. The highest BCUT2D eigenvalue weighted by Crippen LogP contribution is 2.31. The first-order valence-corrected chi connectivity index (χ1v) is 8.96. The lowest BCUT2D eigenvalue weighted by molar-refractivity contribution is 0.404. The molecule has 0 aliphatic carbocycles. The van der Waals surface area contributed by atoms with Crippen LogP contribution in [0.25, 0.3) is 0 Å². The van der Waals surface area contributed by atoms with E-state index in [0.717, 1.165) is 6.42 Å². The lowest BCUT2D eigenvalue weighted by Gasteiger charge is -2.21. The molecule has 1 fully saturated rings. The third-order valence-electron chi connectivity index (χ3n) is 3.93. The van der Waals surface area contributed by atoms with Gasteiger partial charge in [0.2, 0.25) is 10.0 Å². The van der Waals surface area contributed by atoms with E-state index in [1.807, 2.05) is 20.8 Å². The van der Waals surface area contributed by atoms with Gasteiger partial charge < -0.3 is 5.32 Å². The molecule has 1 saturated heterocycles. The van der Waals surface area contributed by atoms with Crippen LogP contribution in [0.2, 0.25) is 0 Å². The van der Waals surface area contributed by atoms with Crippen molar-refractivity contribution in [2.45, 2.75) is 64.6 Å². The van der Waals surface area contributed by atoms with Crippen LogP contribution in [0, 0.1) is 12.8 Å². The predicted octanol–water partition coefficient (Wildman–Crippen LogP) is 1.64. The normalized spacial score (nSPS) is 24.1. The lowest BCUT2D eigenvalue weighted by Crippen LogP contribution is -2.35. The van der Waals surface area contributed by atoms with Crippen molar-refractivity contribution < 1.29 is 8.42 Å². The Labute approximate surface area is 127 Å². The number of nitrogens with zero attached hydrogens (tertiary/aromatic N) is 2. The maximum absolute atomic E-state index is 13.0. The molecule has 0 aromatic carbocycles. The van der Waals surface area contributed by atoms with E-state index in [1.54, 1.807) is 11.2 Å². The standard InChI is InChI=1S/C14H26N4O2S/c1-9(2)15-7-13-14(12(5)16-17-13)21(19,20)18-8-10(3)6-11(18)4/h9-11,15H,6-8H2,1-5H3,(H,16,17). The second-order valence-corrected chi connectivity index (χ2v) is 8.25. The van der Waals surface area contributed by atoms with Crippen LogP contribution in [0.3, 0.4) is 0 Å². The molecule has 0 saturated carbocycles. The number of nitrogens with one attached hydrogen (secondary N) is 2. The maximum Gasteiger partial charge on any atom is 0.247 e. The molecule has 2 heterocycles. The van der Waals surface area contributed by atoms with Crippen LogP contribution in [0.5, 0.6) is 0 Å². The number of H-pyrrole nitrogens is 1. The van der Waals surface area contributed by atoms with E-state index in [1.165, 1.54) is 0 Å². The zero-order chi connectivity index (χ0) is 15.8. The van der Waals surface area contributed by atoms with Gasteiger partial charge in [0.05, 0.1) is 11.4 Å². The number of hydrogen-bond donors (Lipinski definition) is 2. The molecule has 21 heavy (non-hydrogen) atoms. The van der Waals surface area contributed by atoms with Gasteiger partial charge in [-0.2, -0.15) is 9.40 Å². The number of hydrogen-bond acceptors (Lipinski definition) is 4. The highest BCUT2D eigenvalue weighted by molar-refractivity contribution is 7.89. The molecular weight excluding hydrogens is 288 g/mol. The van der Waals surface area contributed by atoms with Crippen LogP contribution in [0.4, 0.5) is 0 Å². The molecule has 7 heteroatoms. The summed E-state index contributed by atoms with van der Waals surface area (Å²) in [4.78, 5) is 0.344. The molecule has 2 unspecified atom stereocenters. The summed E-state index contributed by atoms with van der Waals surface area (Å²) >= 11 is 0. The number of aryl methyl sites for hydroxylation is 1. The molecule has 1 aromatic heterocycles. The number of sulfonamides is 1. The summed E-state index contributed by atoms with van der Waals surface area (Å²) in [7, 11) is -3.49. The summed E-state index contributed by atoms with van der Waals surface area (Å²) in [6, 6.07) is 0.327. The van der Waals surface area contributed by atoms with E-state index < -0.39 is 10.0 Å². The quantitative estimate of drug-likeness (QED) is 0.866. The highest BCUT2D eigenvalue weighted by atomic mass is 32.2. The van der Waals surface area contributed by atoms with Crippen LogP contribution >= 0.6 is 0 Å². The molecule has 0 amide bonds. The molecular formula is C14H26N4O2S. The van der Waals surface area contributed by atoms with Crippen molar-refractivity contribution in [3.8, 4) is 0 Å². The first kappa shape index (κ1) is 16.5.